The molecule has 0 atom stereocenters. The molecule has 2 aromatic rings. The number of benzene rings is 2. The van der Waals surface area contributed by atoms with Crippen LogP contribution in [0.25, 0.3) is 0 Å². The van der Waals surface area contributed by atoms with Crippen molar-refractivity contribution < 1.29 is 14.3 Å². The Balaban J connectivity index is 1.24. The van der Waals surface area contributed by atoms with E-state index in [1.807, 2.05) is 41.3 Å². The van der Waals surface area contributed by atoms with Gasteiger partial charge in [-0.25, -0.2) is 0 Å². The Bertz CT molecular complexity index is 819. The summed E-state index contributed by atoms with van der Waals surface area (Å²) in [6.45, 7) is 4.49. The van der Waals surface area contributed by atoms with Crippen LogP contribution in [0.1, 0.15) is 17.5 Å². The van der Waals surface area contributed by atoms with Gasteiger partial charge in [0.1, 0.15) is 0 Å². The summed E-state index contributed by atoms with van der Waals surface area (Å²) in [6, 6.07) is 13.8. The molecule has 5 nitrogen and oxygen atoms in total. The minimum absolute atomic E-state index is 0.220. The zero-order chi connectivity index (χ0) is 18.6. The number of carbonyl (C=O) groups excluding carboxylic acids is 1. The van der Waals surface area contributed by atoms with E-state index < -0.39 is 0 Å². The van der Waals surface area contributed by atoms with Gasteiger partial charge in [0, 0.05) is 44.2 Å². The number of fused-ring (bicyclic) bond motifs is 1. The molecule has 1 saturated heterocycles. The van der Waals surface area contributed by atoms with Gasteiger partial charge in [-0.05, 0) is 41.8 Å². The van der Waals surface area contributed by atoms with Gasteiger partial charge >= 0.3 is 0 Å². The molecule has 2 heterocycles. The van der Waals surface area contributed by atoms with E-state index in [1.165, 1.54) is 5.56 Å². The lowest BCUT2D eigenvalue weighted by Gasteiger charge is -2.35. The summed E-state index contributed by atoms with van der Waals surface area (Å²) < 4.78 is 10.8. The number of rotatable bonds is 5. The number of halogens is 1. The number of hydrogen-bond donors (Lipinski definition) is 0. The Kier molecular flexibility index (Phi) is 5.50. The van der Waals surface area contributed by atoms with Crippen molar-refractivity contribution >= 4 is 17.5 Å². The number of amides is 1. The Labute approximate surface area is 164 Å². The van der Waals surface area contributed by atoms with Crippen molar-refractivity contribution in [2.24, 2.45) is 0 Å². The summed E-state index contributed by atoms with van der Waals surface area (Å²) >= 11 is 6.01. The quantitative estimate of drug-likeness (QED) is 0.790. The van der Waals surface area contributed by atoms with E-state index in [-0.39, 0.29) is 5.91 Å². The van der Waals surface area contributed by atoms with Gasteiger partial charge in [0.25, 0.3) is 0 Å². The zero-order valence-corrected chi connectivity index (χ0v) is 16.0. The maximum Gasteiger partial charge on any atom is 0.231 e. The van der Waals surface area contributed by atoms with Crippen LogP contribution in [0.2, 0.25) is 5.02 Å². The maximum absolute atomic E-state index is 12.5. The van der Waals surface area contributed by atoms with E-state index in [2.05, 4.69) is 11.0 Å². The Hall–Kier alpha value is -2.24. The number of carbonyl (C=O) groups is 1. The molecule has 0 radical (unpaired) electrons. The molecule has 0 aromatic heterocycles. The normalized spacial score (nSPS) is 16.6. The van der Waals surface area contributed by atoms with E-state index in [0.29, 0.717) is 13.2 Å². The lowest BCUT2D eigenvalue weighted by Crippen LogP contribution is -2.48. The van der Waals surface area contributed by atoms with Crippen LogP contribution in [-0.2, 0) is 17.8 Å². The number of aryl methyl sites for hydroxylation is 1. The van der Waals surface area contributed by atoms with Crippen LogP contribution in [0, 0.1) is 0 Å². The van der Waals surface area contributed by atoms with Crippen molar-refractivity contribution in [1.82, 2.24) is 9.80 Å². The second-order valence-corrected chi connectivity index (χ2v) is 7.41. The molecule has 6 heteroatoms. The summed E-state index contributed by atoms with van der Waals surface area (Å²) in [7, 11) is 0. The van der Waals surface area contributed by atoms with Gasteiger partial charge in [-0.15, -0.1) is 0 Å². The highest BCUT2D eigenvalue weighted by Gasteiger charge is 2.21. The van der Waals surface area contributed by atoms with Crippen molar-refractivity contribution in [3.8, 4) is 11.5 Å². The molecule has 0 saturated carbocycles. The molecule has 2 aromatic carbocycles. The minimum atomic E-state index is 0.220. The van der Waals surface area contributed by atoms with E-state index in [4.69, 9.17) is 21.1 Å². The molecular weight excluding hydrogens is 364 g/mol. The third kappa shape index (κ3) is 4.54. The predicted octanol–water partition coefficient (Wildman–Crippen LogP) is 3.35. The first-order valence-corrected chi connectivity index (χ1v) is 9.68. The number of ether oxygens (including phenoxy) is 2. The van der Waals surface area contributed by atoms with E-state index in [0.717, 1.165) is 61.2 Å². The fourth-order valence-corrected chi connectivity index (χ4v) is 3.77. The van der Waals surface area contributed by atoms with Gasteiger partial charge in [0.2, 0.25) is 12.7 Å². The van der Waals surface area contributed by atoms with Crippen LogP contribution in [0.15, 0.2) is 42.5 Å². The summed E-state index contributed by atoms with van der Waals surface area (Å²) in [5.74, 6) is 1.86. The molecule has 4 rings (SSSR count). The maximum atomic E-state index is 12.5. The Morgan fingerprint density at radius 1 is 0.963 bits per heavy atom. The van der Waals surface area contributed by atoms with Crippen molar-refractivity contribution in [2.75, 3.05) is 33.0 Å². The monoisotopic (exact) mass is 386 g/mol. The van der Waals surface area contributed by atoms with Gasteiger partial charge in [-0.1, -0.05) is 29.8 Å². The Morgan fingerprint density at radius 2 is 1.78 bits per heavy atom. The number of nitrogens with zero attached hydrogens (tertiary/aromatic N) is 2. The fraction of sp³-hybridized carbons (Fsp3) is 0.381. The molecule has 27 heavy (non-hydrogen) atoms. The van der Waals surface area contributed by atoms with Crippen LogP contribution in [0.5, 0.6) is 11.5 Å². The molecule has 142 valence electrons. The molecule has 0 N–H and O–H groups in total. The van der Waals surface area contributed by atoms with Crippen LogP contribution in [0.3, 0.4) is 0 Å². The molecule has 0 unspecified atom stereocenters. The molecule has 1 amide bonds. The van der Waals surface area contributed by atoms with Crippen molar-refractivity contribution in [2.45, 2.75) is 19.4 Å². The Morgan fingerprint density at radius 3 is 2.59 bits per heavy atom. The molecule has 0 spiro atoms. The first-order valence-electron chi connectivity index (χ1n) is 9.30. The smallest absolute Gasteiger partial charge is 0.231 e. The zero-order valence-electron chi connectivity index (χ0n) is 15.2. The molecule has 0 bridgehead atoms. The molecular formula is C21H23ClN2O3. The largest absolute Gasteiger partial charge is 0.454 e. The second-order valence-electron chi connectivity index (χ2n) is 6.97. The van der Waals surface area contributed by atoms with Gasteiger partial charge in [-0.2, -0.15) is 0 Å². The standard InChI is InChI=1S/C21H23ClN2O3/c22-18-3-1-2-16(12-18)5-7-21(25)24-10-8-23(9-11-24)14-17-4-6-19-20(13-17)27-15-26-19/h1-4,6,12-13H,5,7-11,14-15H2. The molecule has 2 aliphatic rings. The van der Waals surface area contributed by atoms with Gasteiger partial charge in [0.05, 0.1) is 0 Å². The van der Waals surface area contributed by atoms with Crippen molar-refractivity contribution in [1.29, 1.82) is 0 Å². The highest BCUT2D eigenvalue weighted by molar-refractivity contribution is 6.30. The average Bonchev–Trinajstić information content (AvgIpc) is 3.15. The van der Waals surface area contributed by atoms with Crippen molar-refractivity contribution in [3.05, 3.63) is 58.6 Å². The second kappa shape index (κ2) is 8.19. The highest BCUT2D eigenvalue weighted by atomic mass is 35.5. The van der Waals surface area contributed by atoms with E-state index in [1.54, 1.807) is 0 Å². The van der Waals surface area contributed by atoms with Crippen molar-refractivity contribution in [3.63, 3.8) is 0 Å². The number of piperazine rings is 1. The summed E-state index contributed by atoms with van der Waals surface area (Å²) in [6.07, 6.45) is 1.26. The number of hydrogen-bond acceptors (Lipinski definition) is 4. The van der Waals surface area contributed by atoms with E-state index >= 15 is 0 Å². The summed E-state index contributed by atoms with van der Waals surface area (Å²) in [5.41, 5.74) is 2.32. The minimum Gasteiger partial charge on any atom is -0.454 e. The van der Waals surface area contributed by atoms with Crippen LogP contribution in [0.4, 0.5) is 0 Å². The third-order valence-electron chi connectivity index (χ3n) is 5.08. The predicted molar refractivity (Wildman–Crippen MR) is 104 cm³/mol. The molecule has 2 aliphatic heterocycles. The summed E-state index contributed by atoms with van der Waals surface area (Å²) in [5, 5.41) is 0.720. The lowest BCUT2D eigenvalue weighted by atomic mass is 10.1. The highest BCUT2D eigenvalue weighted by Crippen LogP contribution is 2.32. The van der Waals surface area contributed by atoms with Crippen LogP contribution >= 0.6 is 11.6 Å². The van der Waals surface area contributed by atoms with Crippen LogP contribution in [-0.4, -0.2) is 48.7 Å². The lowest BCUT2D eigenvalue weighted by molar-refractivity contribution is -0.133. The molecule has 1 fully saturated rings. The first-order chi connectivity index (χ1) is 13.2. The summed E-state index contributed by atoms with van der Waals surface area (Å²) in [4.78, 5) is 16.8. The topological polar surface area (TPSA) is 42.0 Å². The van der Waals surface area contributed by atoms with Gasteiger partial charge < -0.3 is 14.4 Å². The fourth-order valence-electron chi connectivity index (χ4n) is 3.55. The van der Waals surface area contributed by atoms with Gasteiger partial charge in [-0.3, -0.25) is 9.69 Å². The SMILES string of the molecule is O=C(CCc1cccc(Cl)c1)N1CCN(Cc2ccc3c(c2)OCO3)CC1. The first kappa shape index (κ1) is 18.1. The average molecular weight is 387 g/mol. The van der Waals surface area contributed by atoms with E-state index in [9.17, 15) is 4.79 Å². The third-order valence-corrected chi connectivity index (χ3v) is 5.32. The molecule has 0 aliphatic carbocycles. The van der Waals surface area contributed by atoms with Crippen LogP contribution < -0.4 is 9.47 Å². The van der Waals surface area contributed by atoms with Gasteiger partial charge in [0.15, 0.2) is 11.5 Å².